The SMILES string of the molecule is CCCN(CC1CC1)C(=O)c1cccc(NS(=O)(=O)c2ccc(Br)cc2)c1. The van der Waals surface area contributed by atoms with Crippen LogP contribution in [0.5, 0.6) is 0 Å². The second kappa shape index (κ2) is 8.44. The molecule has 2 aromatic rings. The summed E-state index contributed by atoms with van der Waals surface area (Å²) in [4.78, 5) is 14.9. The highest BCUT2D eigenvalue weighted by atomic mass is 79.9. The van der Waals surface area contributed by atoms with Gasteiger partial charge in [0.1, 0.15) is 0 Å². The number of hydrogen-bond donors (Lipinski definition) is 1. The maximum absolute atomic E-state index is 12.9. The molecule has 144 valence electrons. The second-order valence-corrected chi connectivity index (χ2v) is 9.43. The Kier molecular flexibility index (Phi) is 6.22. The van der Waals surface area contributed by atoms with Crippen molar-refractivity contribution in [2.24, 2.45) is 5.92 Å². The van der Waals surface area contributed by atoms with Gasteiger partial charge in [0.25, 0.3) is 15.9 Å². The van der Waals surface area contributed by atoms with E-state index in [1.165, 1.54) is 25.0 Å². The molecule has 27 heavy (non-hydrogen) atoms. The lowest BCUT2D eigenvalue weighted by Crippen LogP contribution is -2.33. The molecule has 0 unspecified atom stereocenters. The van der Waals surface area contributed by atoms with E-state index in [-0.39, 0.29) is 10.8 Å². The number of amides is 1. The summed E-state index contributed by atoms with van der Waals surface area (Å²) in [5.74, 6) is 0.563. The van der Waals surface area contributed by atoms with Gasteiger partial charge in [-0.2, -0.15) is 0 Å². The maximum atomic E-state index is 12.9. The summed E-state index contributed by atoms with van der Waals surface area (Å²) in [5.41, 5.74) is 0.881. The fourth-order valence-corrected chi connectivity index (χ4v) is 4.20. The van der Waals surface area contributed by atoms with E-state index in [9.17, 15) is 13.2 Å². The van der Waals surface area contributed by atoms with Gasteiger partial charge in [-0.15, -0.1) is 0 Å². The maximum Gasteiger partial charge on any atom is 0.261 e. The molecule has 1 fully saturated rings. The lowest BCUT2D eigenvalue weighted by Gasteiger charge is -2.22. The summed E-state index contributed by atoms with van der Waals surface area (Å²) in [7, 11) is -3.71. The molecule has 1 aliphatic carbocycles. The number of hydrogen-bond acceptors (Lipinski definition) is 3. The van der Waals surface area contributed by atoms with E-state index in [1.54, 1.807) is 36.4 Å². The van der Waals surface area contributed by atoms with Crippen LogP contribution in [0.4, 0.5) is 5.69 Å². The molecule has 3 rings (SSSR count). The minimum atomic E-state index is -3.71. The van der Waals surface area contributed by atoms with Crippen LogP contribution in [0.15, 0.2) is 57.9 Å². The standard InChI is InChI=1S/C20H23BrN2O3S/c1-2-12-23(14-15-6-7-15)20(24)16-4-3-5-18(13-16)22-27(25,26)19-10-8-17(21)9-11-19/h3-5,8-11,13,15,22H,2,6-7,12,14H2,1H3. The molecule has 0 radical (unpaired) electrons. The molecule has 0 aromatic heterocycles. The van der Waals surface area contributed by atoms with Crippen LogP contribution in [0, 0.1) is 5.92 Å². The third-order valence-corrected chi connectivity index (χ3v) is 6.37. The monoisotopic (exact) mass is 450 g/mol. The Balaban J connectivity index is 1.78. The number of anilines is 1. The molecule has 1 amide bonds. The molecule has 0 atom stereocenters. The Morgan fingerprint density at radius 1 is 1.19 bits per heavy atom. The molecule has 0 bridgehead atoms. The molecule has 0 saturated heterocycles. The van der Waals surface area contributed by atoms with Crippen LogP contribution in [0.1, 0.15) is 36.5 Å². The highest BCUT2D eigenvalue weighted by Gasteiger charge is 2.27. The molecule has 0 heterocycles. The molecule has 1 saturated carbocycles. The van der Waals surface area contributed by atoms with Crippen molar-refractivity contribution in [2.75, 3.05) is 17.8 Å². The van der Waals surface area contributed by atoms with Gasteiger partial charge < -0.3 is 4.90 Å². The van der Waals surface area contributed by atoms with E-state index in [0.717, 1.165) is 17.4 Å². The fourth-order valence-electron chi connectivity index (χ4n) is 2.88. The zero-order valence-corrected chi connectivity index (χ0v) is 17.6. The van der Waals surface area contributed by atoms with Crippen LogP contribution in [0.2, 0.25) is 0 Å². The zero-order valence-electron chi connectivity index (χ0n) is 15.2. The third kappa shape index (κ3) is 5.32. The summed E-state index contributed by atoms with van der Waals surface area (Å²) in [6.45, 7) is 3.54. The van der Waals surface area contributed by atoms with Crippen molar-refractivity contribution in [1.29, 1.82) is 0 Å². The predicted molar refractivity (Wildman–Crippen MR) is 110 cm³/mol. The van der Waals surface area contributed by atoms with Gasteiger partial charge in [0.2, 0.25) is 0 Å². The van der Waals surface area contributed by atoms with E-state index in [4.69, 9.17) is 0 Å². The van der Waals surface area contributed by atoms with Gasteiger partial charge in [-0.3, -0.25) is 9.52 Å². The van der Waals surface area contributed by atoms with Crippen molar-refractivity contribution < 1.29 is 13.2 Å². The van der Waals surface area contributed by atoms with E-state index < -0.39 is 10.0 Å². The molecule has 7 heteroatoms. The first-order chi connectivity index (χ1) is 12.9. The number of nitrogens with zero attached hydrogens (tertiary/aromatic N) is 1. The first-order valence-corrected chi connectivity index (χ1v) is 11.3. The molecule has 1 aliphatic rings. The van der Waals surface area contributed by atoms with E-state index >= 15 is 0 Å². The third-order valence-electron chi connectivity index (χ3n) is 4.44. The number of nitrogens with one attached hydrogen (secondary N) is 1. The Bertz CT molecular complexity index is 909. The van der Waals surface area contributed by atoms with Gasteiger partial charge in [-0.05, 0) is 67.6 Å². The Hall–Kier alpha value is -1.86. The van der Waals surface area contributed by atoms with Gasteiger partial charge in [0, 0.05) is 28.8 Å². The van der Waals surface area contributed by atoms with Crippen molar-refractivity contribution in [3.63, 3.8) is 0 Å². The normalized spacial score (nSPS) is 14.0. The minimum Gasteiger partial charge on any atom is -0.338 e. The number of carbonyl (C=O) groups excluding carboxylic acids is 1. The summed E-state index contributed by atoms with van der Waals surface area (Å²) in [6.07, 6.45) is 3.26. The minimum absolute atomic E-state index is 0.0477. The predicted octanol–water partition coefficient (Wildman–Crippen LogP) is 4.51. The van der Waals surface area contributed by atoms with Gasteiger partial charge >= 0.3 is 0 Å². The lowest BCUT2D eigenvalue weighted by molar-refractivity contribution is 0.0748. The number of halogens is 1. The van der Waals surface area contributed by atoms with Crippen molar-refractivity contribution in [2.45, 2.75) is 31.1 Å². The molecule has 2 aromatic carbocycles. The first-order valence-electron chi connectivity index (χ1n) is 9.07. The van der Waals surface area contributed by atoms with Crippen LogP contribution >= 0.6 is 15.9 Å². The van der Waals surface area contributed by atoms with E-state index in [2.05, 4.69) is 27.6 Å². The summed E-state index contributed by atoms with van der Waals surface area (Å²) >= 11 is 3.29. The number of rotatable bonds is 8. The Labute approximate surface area is 169 Å². The van der Waals surface area contributed by atoms with Gasteiger partial charge in [0.15, 0.2) is 0 Å². The second-order valence-electron chi connectivity index (χ2n) is 6.83. The van der Waals surface area contributed by atoms with E-state index in [0.29, 0.717) is 23.7 Å². The van der Waals surface area contributed by atoms with E-state index in [1.807, 2.05) is 4.90 Å². The van der Waals surface area contributed by atoms with Gasteiger partial charge in [-0.1, -0.05) is 28.9 Å². The topological polar surface area (TPSA) is 66.5 Å². The zero-order chi connectivity index (χ0) is 19.4. The average molecular weight is 451 g/mol. The number of benzene rings is 2. The Morgan fingerprint density at radius 3 is 2.52 bits per heavy atom. The van der Waals surface area contributed by atoms with Crippen LogP contribution in [-0.2, 0) is 10.0 Å². The van der Waals surface area contributed by atoms with Crippen LogP contribution in [-0.4, -0.2) is 32.3 Å². The summed E-state index contributed by atoms with van der Waals surface area (Å²) < 4.78 is 28.5. The van der Waals surface area contributed by atoms with Crippen LogP contribution in [0.25, 0.3) is 0 Å². The summed E-state index contributed by atoms with van der Waals surface area (Å²) in [5, 5.41) is 0. The number of sulfonamides is 1. The summed E-state index contributed by atoms with van der Waals surface area (Å²) in [6, 6.07) is 13.1. The fraction of sp³-hybridized carbons (Fsp3) is 0.350. The van der Waals surface area contributed by atoms with Crippen molar-refractivity contribution in [1.82, 2.24) is 4.90 Å². The average Bonchev–Trinajstić information content (AvgIpc) is 3.45. The van der Waals surface area contributed by atoms with Crippen molar-refractivity contribution in [3.05, 3.63) is 58.6 Å². The van der Waals surface area contributed by atoms with Crippen LogP contribution < -0.4 is 4.72 Å². The molecule has 0 spiro atoms. The van der Waals surface area contributed by atoms with Crippen LogP contribution in [0.3, 0.4) is 0 Å². The van der Waals surface area contributed by atoms with Gasteiger partial charge in [-0.25, -0.2) is 8.42 Å². The highest BCUT2D eigenvalue weighted by Crippen LogP contribution is 2.30. The first kappa shape index (κ1) is 19.9. The molecular formula is C20H23BrN2O3S. The van der Waals surface area contributed by atoms with Gasteiger partial charge in [0.05, 0.1) is 4.90 Å². The van der Waals surface area contributed by atoms with Crippen molar-refractivity contribution >= 4 is 37.5 Å². The smallest absolute Gasteiger partial charge is 0.261 e. The quantitative estimate of drug-likeness (QED) is 0.642. The largest absolute Gasteiger partial charge is 0.338 e. The molecule has 1 N–H and O–H groups in total. The van der Waals surface area contributed by atoms with Crippen molar-refractivity contribution in [3.8, 4) is 0 Å². The molecular weight excluding hydrogens is 428 g/mol. The Morgan fingerprint density at radius 2 is 1.89 bits per heavy atom. The molecule has 0 aliphatic heterocycles. The highest BCUT2D eigenvalue weighted by molar-refractivity contribution is 9.10. The molecule has 5 nitrogen and oxygen atoms in total. The lowest BCUT2D eigenvalue weighted by atomic mass is 10.1. The number of carbonyl (C=O) groups is 1.